The van der Waals surface area contributed by atoms with Gasteiger partial charge in [-0.05, 0) is 25.1 Å². The minimum absolute atomic E-state index is 0.0870. The molecule has 2 rings (SSSR count). The highest BCUT2D eigenvalue weighted by Gasteiger charge is 2.35. The Labute approximate surface area is 136 Å². The van der Waals surface area contributed by atoms with Crippen molar-refractivity contribution in [2.24, 2.45) is 11.1 Å². The molecule has 128 valence electrons. The number of carbonyl (C=O) groups is 1. The van der Waals surface area contributed by atoms with E-state index in [1.165, 1.54) is 0 Å². The SMILES string of the molecule is COc1ccc(OC)c(C(C)N2CC(CS(N)(=O)=O)CC2=O)c1. The summed E-state index contributed by atoms with van der Waals surface area (Å²) in [4.78, 5) is 13.9. The molecule has 1 saturated heterocycles. The van der Waals surface area contributed by atoms with Crippen LogP contribution in [-0.2, 0) is 14.8 Å². The zero-order valence-corrected chi connectivity index (χ0v) is 14.3. The van der Waals surface area contributed by atoms with E-state index < -0.39 is 10.0 Å². The van der Waals surface area contributed by atoms with Crippen LogP contribution in [0.15, 0.2) is 18.2 Å². The van der Waals surface area contributed by atoms with Gasteiger partial charge in [-0.3, -0.25) is 4.79 Å². The van der Waals surface area contributed by atoms with Gasteiger partial charge in [-0.1, -0.05) is 0 Å². The zero-order valence-electron chi connectivity index (χ0n) is 13.5. The van der Waals surface area contributed by atoms with Gasteiger partial charge in [-0.2, -0.15) is 0 Å². The van der Waals surface area contributed by atoms with Crippen molar-refractivity contribution in [3.05, 3.63) is 23.8 Å². The van der Waals surface area contributed by atoms with Gasteiger partial charge in [0.25, 0.3) is 0 Å². The van der Waals surface area contributed by atoms with Gasteiger partial charge in [-0.25, -0.2) is 13.6 Å². The lowest BCUT2D eigenvalue weighted by atomic mass is 10.1. The van der Waals surface area contributed by atoms with Crippen molar-refractivity contribution in [3.63, 3.8) is 0 Å². The molecule has 23 heavy (non-hydrogen) atoms. The van der Waals surface area contributed by atoms with Gasteiger partial charge < -0.3 is 14.4 Å². The lowest BCUT2D eigenvalue weighted by molar-refractivity contribution is -0.129. The number of nitrogens with zero attached hydrogens (tertiary/aromatic N) is 1. The van der Waals surface area contributed by atoms with Crippen LogP contribution in [0.4, 0.5) is 0 Å². The second-order valence-electron chi connectivity index (χ2n) is 5.73. The van der Waals surface area contributed by atoms with Crippen LogP contribution in [0.25, 0.3) is 0 Å². The average molecular weight is 342 g/mol. The third-order valence-electron chi connectivity index (χ3n) is 4.06. The average Bonchev–Trinajstić information content (AvgIpc) is 2.84. The smallest absolute Gasteiger partial charge is 0.223 e. The number of hydrogen-bond acceptors (Lipinski definition) is 5. The second kappa shape index (κ2) is 6.76. The van der Waals surface area contributed by atoms with Crippen LogP contribution in [0.5, 0.6) is 11.5 Å². The van der Waals surface area contributed by atoms with Crippen molar-refractivity contribution in [1.82, 2.24) is 4.90 Å². The minimum atomic E-state index is -3.59. The molecule has 0 spiro atoms. The predicted octanol–water partition coefficient (Wildman–Crippen LogP) is 0.902. The van der Waals surface area contributed by atoms with E-state index in [0.717, 1.165) is 5.56 Å². The summed E-state index contributed by atoms with van der Waals surface area (Å²) in [6.45, 7) is 2.24. The molecule has 1 aromatic carbocycles. The molecule has 1 heterocycles. The summed E-state index contributed by atoms with van der Waals surface area (Å²) in [6, 6.07) is 5.14. The number of carbonyl (C=O) groups excluding carboxylic acids is 1. The van der Waals surface area contributed by atoms with E-state index in [1.54, 1.807) is 31.3 Å². The largest absolute Gasteiger partial charge is 0.497 e. The van der Waals surface area contributed by atoms with Crippen molar-refractivity contribution in [2.45, 2.75) is 19.4 Å². The summed E-state index contributed by atoms with van der Waals surface area (Å²) in [5.74, 6) is 0.769. The molecular weight excluding hydrogens is 320 g/mol. The second-order valence-corrected chi connectivity index (χ2v) is 7.39. The highest BCUT2D eigenvalue weighted by Crippen LogP contribution is 2.35. The number of ether oxygens (including phenoxy) is 2. The Hall–Kier alpha value is -1.80. The van der Waals surface area contributed by atoms with Crippen molar-refractivity contribution >= 4 is 15.9 Å². The summed E-state index contributed by atoms with van der Waals surface area (Å²) >= 11 is 0. The van der Waals surface area contributed by atoms with E-state index in [4.69, 9.17) is 14.6 Å². The molecule has 1 amide bonds. The quantitative estimate of drug-likeness (QED) is 0.828. The van der Waals surface area contributed by atoms with E-state index in [2.05, 4.69) is 0 Å². The summed E-state index contributed by atoms with van der Waals surface area (Å²) in [7, 11) is -0.460. The van der Waals surface area contributed by atoms with E-state index in [0.29, 0.717) is 18.0 Å². The molecule has 0 radical (unpaired) electrons. The van der Waals surface area contributed by atoms with Crippen LogP contribution in [0.2, 0.25) is 0 Å². The fourth-order valence-corrected chi connectivity index (χ4v) is 3.84. The van der Waals surface area contributed by atoms with Crippen molar-refractivity contribution in [3.8, 4) is 11.5 Å². The number of benzene rings is 1. The first-order valence-electron chi connectivity index (χ1n) is 7.27. The van der Waals surface area contributed by atoms with Crippen LogP contribution < -0.4 is 14.6 Å². The fourth-order valence-electron chi connectivity index (χ4n) is 2.96. The zero-order chi connectivity index (χ0) is 17.2. The highest BCUT2D eigenvalue weighted by atomic mass is 32.2. The first kappa shape index (κ1) is 17.6. The van der Waals surface area contributed by atoms with Crippen molar-refractivity contribution < 1.29 is 22.7 Å². The van der Waals surface area contributed by atoms with Crippen LogP contribution >= 0.6 is 0 Å². The molecule has 0 saturated carbocycles. The Bertz CT molecular complexity index is 689. The van der Waals surface area contributed by atoms with E-state index in [9.17, 15) is 13.2 Å². The number of sulfonamides is 1. The van der Waals surface area contributed by atoms with Crippen molar-refractivity contribution in [1.29, 1.82) is 0 Å². The van der Waals surface area contributed by atoms with Crippen LogP contribution in [-0.4, -0.2) is 45.7 Å². The summed E-state index contributed by atoms with van der Waals surface area (Å²) in [5, 5.41) is 5.08. The Morgan fingerprint density at radius 2 is 2.04 bits per heavy atom. The molecule has 1 fully saturated rings. The molecule has 0 aromatic heterocycles. The number of primary sulfonamides is 1. The van der Waals surface area contributed by atoms with Crippen LogP contribution in [0.1, 0.15) is 24.9 Å². The number of rotatable bonds is 6. The number of hydrogen-bond donors (Lipinski definition) is 1. The number of amides is 1. The minimum Gasteiger partial charge on any atom is -0.497 e. The lowest BCUT2D eigenvalue weighted by Crippen LogP contribution is -2.30. The normalized spacial score (nSPS) is 19.7. The summed E-state index contributed by atoms with van der Waals surface area (Å²) in [6.07, 6.45) is 0.188. The Morgan fingerprint density at radius 1 is 1.35 bits per heavy atom. The standard InChI is InChI=1S/C15H22N2O5S/c1-10(13-7-12(21-2)4-5-14(13)22-3)17-8-11(6-15(17)18)9-23(16,19)20/h4-5,7,10-11H,6,8-9H2,1-3H3,(H2,16,19,20). The molecule has 1 aliphatic rings. The molecule has 8 heteroatoms. The van der Waals surface area contributed by atoms with E-state index in [-0.39, 0.29) is 30.0 Å². The number of methoxy groups -OCH3 is 2. The van der Waals surface area contributed by atoms with E-state index >= 15 is 0 Å². The van der Waals surface area contributed by atoms with Crippen LogP contribution in [0, 0.1) is 5.92 Å². The number of nitrogens with two attached hydrogens (primary N) is 1. The van der Waals surface area contributed by atoms with Gasteiger partial charge in [0.05, 0.1) is 26.0 Å². The van der Waals surface area contributed by atoms with Crippen molar-refractivity contribution in [2.75, 3.05) is 26.5 Å². The Kier molecular flexibility index (Phi) is 5.16. The maximum atomic E-state index is 12.3. The topological polar surface area (TPSA) is 98.9 Å². The third kappa shape index (κ3) is 4.14. The third-order valence-corrected chi connectivity index (χ3v) is 5.00. The van der Waals surface area contributed by atoms with Crippen LogP contribution in [0.3, 0.4) is 0 Å². The fraction of sp³-hybridized carbons (Fsp3) is 0.533. The molecule has 0 aliphatic carbocycles. The van der Waals surface area contributed by atoms with Gasteiger partial charge in [0.1, 0.15) is 11.5 Å². The first-order valence-corrected chi connectivity index (χ1v) is 8.98. The predicted molar refractivity (Wildman–Crippen MR) is 85.8 cm³/mol. The Balaban J connectivity index is 2.23. The maximum Gasteiger partial charge on any atom is 0.223 e. The highest BCUT2D eigenvalue weighted by molar-refractivity contribution is 7.89. The van der Waals surface area contributed by atoms with E-state index in [1.807, 2.05) is 13.0 Å². The lowest BCUT2D eigenvalue weighted by Gasteiger charge is -2.27. The van der Waals surface area contributed by atoms with Gasteiger partial charge in [0.15, 0.2) is 0 Å². The molecule has 2 atom stereocenters. The summed E-state index contributed by atoms with van der Waals surface area (Å²) < 4.78 is 33.1. The monoisotopic (exact) mass is 342 g/mol. The first-order chi connectivity index (χ1) is 10.7. The molecule has 2 unspecified atom stereocenters. The molecular formula is C15H22N2O5S. The summed E-state index contributed by atoms with van der Waals surface area (Å²) in [5.41, 5.74) is 0.816. The van der Waals surface area contributed by atoms with Gasteiger partial charge in [-0.15, -0.1) is 0 Å². The van der Waals surface area contributed by atoms with Gasteiger partial charge >= 0.3 is 0 Å². The molecule has 2 N–H and O–H groups in total. The number of likely N-dealkylation sites (tertiary alicyclic amines) is 1. The maximum absolute atomic E-state index is 12.3. The van der Waals surface area contributed by atoms with Gasteiger partial charge in [0.2, 0.25) is 15.9 Å². The molecule has 1 aromatic rings. The molecule has 7 nitrogen and oxygen atoms in total. The van der Waals surface area contributed by atoms with Gasteiger partial charge in [0, 0.05) is 24.4 Å². The molecule has 0 bridgehead atoms. The Morgan fingerprint density at radius 3 is 2.61 bits per heavy atom. The molecule has 1 aliphatic heterocycles.